The number of nitrogens with two attached hydrogens (primary N) is 1. The molecule has 0 aromatic carbocycles. The number of thioether (sulfide) groups is 1. The number of rotatable bonds is 5. The highest BCUT2D eigenvalue weighted by Crippen LogP contribution is 2.31. The van der Waals surface area contributed by atoms with Gasteiger partial charge in [0, 0.05) is 23.1 Å². The number of nitrogens with one attached hydrogen (secondary N) is 1. The van der Waals surface area contributed by atoms with Crippen molar-refractivity contribution >= 4 is 34.8 Å². The minimum absolute atomic E-state index is 0.398. The van der Waals surface area contributed by atoms with Gasteiger partial charge in [0.05, 0.1) is 0 Å². The molecule has 2 unspecified atom stereocenters. The van der Waals surface area contributed by atoms with Crippen LogP contribution in [-0.2, 0) is 0 Å². The van der Waals surface area contributed by atoms with E-state index >= 15 is 0 Å². The molecule has 1 aliphatic rings. The second kappa shape index (κ2) is 6.38. The molecule has 0 bridgehead atoms. The van der Waals surface area contributed by atoms with Crippen molar-refractivity contribution in [3.05, 3.63) is 23.9 Å². The first-order valence-electron chi connectivity index (χ1n) is 6.34. The molecule has 3 N–H and O–H groups in total. The molecule has 0 saturated heterocycles. The molecule has 98 valence electrons. The number of nitrogens with zero attached hydrogens (tertiary/aromatic N) is 1. The number of hydrogen-bond acceptors (Lipinski definition) is 4. The van der Waals surface area contributed by atoms with Gasteiger partial charge < -0.3 is 11.1 Å². The van der Waals surface area contributed by atoms with E-state index in [9.17, 15) is 0 Å². The lowest BCUT2D eigenvalue weighted by atomic mass is 10.2. The number of thiocarbonyl (C=S) groups is 1. The summed E-state index contributed by atoms with van der Waals surface area (Å²) in [6.07, 6.45) is 5.58. The third-order valence-corrected chi connectivity index (χ3v) is 4.78. The Labute approximate surface area is 118 Å². The Morgan fingerprint density at radius 2 is 2.39 bits per heavy atom. The fourth-order valence-electron chi connectivity index (χ4n) is 2.32. The fourth-order valence-corrected chi connectivity index (χ4v) is 3.64. The second-order valence-electron chi connectivity index (χ2n) is 4.47. The Morgan fingerprint density at radius 1 is 1.56 bits per heavy atom. The maximum Gasteiger partial charge on any atom is 0.126 e. The van der Waals surface area contributed by atoms with Crippen LogP contribution < -0.4 is 11.1 Å². The summed E-state index contributed by atoms with van der Waals surface area (Å²) in [6, 6.07) is 4.42. The van der Waals surface area contributed by atoms with Gasteiger partial charge in [0.25, 0.3) is 0 Å². The summed E-state index contributed by atoms with van der Waals surface area (Å²) in [5.74, 6) is 2.10. The molecule has 0 aliphatic heterocycles. The second-order valence-corrected chi connectivity index (χ2v) is 6.43. The van der Waals surface area contributed by atoms with Gasteiger partial charge in [-0.05, 0) is 30.7 Å². The molecule has 1 heterocycles. The Morgan fingerprint density at radius 3 is 3.00 bits per heavy atom. The average Bonchev–Trinajstić information content (AvgIpc) is 2.78. The summed E-state index contributed by atoms with van der Waals surface area (Å²) in [4.78, 5) is 4.77. The van der Waals surface area contributed by atoms with Gasteiger partial charge in [-0.25, -0.2) is 4.98 Å². The van der Waals surface area contributed by atoms with Crippen LogP contribution in [0.15, 0.2) is 18.3 Å². The van der Waals surface area contributed by atoms with Crippen LogP contribution in [0.25, 0.3) is 0 Å². The summed E-state index contributed by atoms with van der Waals surface area (Å²) in [6.45, 7) is 2.22. The highest BCUT2D eigenvalue weighted by molar-refractivity contribution is 7.99. The fraction of sp³-hybridized carbons (Fsp3) is 0.538. The highest BCUT2D eigenvalue weighted by atomic mass is 32.2. The average molecular weight is 281 g/mol. The van der Waals surface area contributed by atoms with Gasteiger partial charge in [-0.1, -0.05) is 25.6 Å². The van der Waals surface area contributed by atoms with Crippen molar-refractivity contribution < 1.29 is 0 Å². The summed E-state index contributed by atoms with van der Waals surface area (Å²) in [7, 11) is 0. The Kier molecular flexibility index (Phi) is 4.83. The number of hydrogen-bond donors (Lipinski definition) is 2. The normalized spacial score (nSPS) is 22.9. The van der Waals surface area contributed by atoms with Crippen LogP contribution in [0.1, 0.15) is 31.7 Å². The van der Waals surface area contributed by atoms with E-state index < -0.39 is 0 Å². The van der Waals surface area contributed by atoms with E-state index in [-0.39, 0.29) is 0 Å². The van der Waals surface area contributed by atoms with E-state index in [0.29, 0.717) is 16.3 Å². The molecule has 1 saturated carbocycles. The van der Waals surface area contributed by atoms with Crippen LogP contribution in [-0.4, -0.2) is 27.0 Å². The zero-order chi connectivity index (χ0) is 13.0. The molecule has 1 aromatic heterocycles. The zero-order valence-corrected chi connectivity index (χ0v) is 12.2. The monoisotopic (exact) mass is 281 g/mol. The van der Waals surface area contributed by atoms with Gasteiger partial charge >= 0.3 is 0 Å². The van der Waals surface area contributed by atoms with Crippen LogP contribution in [0.2, 0.25) is 0 Å². The Hall–Kier alpha value is -0.810. The molecule has 3 nitrogen and oxygen atoms in total. The number of pyridine rings is 1. The lowest BCUT2D eigenvalue weighted by Gasteiger charge is -2.20. The van der Waals surface area contributed by atoms with Crippen molar-refractivity contribution in [1.29, 1.82) is 0 Å². The Bertz CT molecular complexity index is 405. The largest absolute Gasteiger partial charge is 0.389 e. The first-order valence-corrected chi connectivity index (χ1v) is 7.80. The summed E-state index contributed by atoms with van der Waals surface area (Å²) >= 11 is 6.96. The third kappa shape index (κ3) is 3.36. The Balaban J connectivity index is 1.98. The van der Waals surface area contributed by atoms with Gasteiger partial charge in [-0.15, -0.1) is 0 Å². The molecule has 0 amide bonds. The smallest absolute Gasteiger partial charge is 0.126 e. The molecule has 0 spiro atoms. The van der Waals surface area contributed by atoms with Gasteiger partial charge in [0.2, 0.25) is 0 Å². The lowest BCUT2D eigenvalue weighted by molar-refractivity contribution is 0.762. The van der Waals surface area contributed by atoms with Crippen molar-refractivity contribution in [3.63, 3.8) is 0 Å². The van der Waals surface area contributed by atoms with Crippen molar-refractivity contribution in [2.75, 3.05) is 11.1 Å². The molecule has 18 heavy (non-hydrogen) atoms. The standard InChI is InChI=1S/C13H19N3S2/c1-2-18-11-5-3-4-10(11)16-12-7-6-9(8-15-12)13(14)17/h6-8,10-11H,2-5H2,1H3,(H2,14,17)(H,15,16). The van der Waals surface area contributed by atoms with Crippen LogP contribution >= 0.6 is 24.0 Å². The minimum atomic E-state index is 0.398. The van der Waals surface area contributed by atoms with Crippen molar-refractivity contribution in [1.82, 2.24) is 4.98 Å². The molecule has 1 aromatic rings. The minimum Gasteiger partial charge on any atom is -0.389 e. The molecule has 2 rings (SSSR count). The van der Waals surface area contributed by atoms with E-state index in [1.807, 2.05) is 23.9 Å². The predicted octanol–water partition coefficient (Wildman–Crippen LogP) is 2.80. The molecule has 0 radical (unpaired) electrons. The molecule has 2 atom stereocenters. The van der Waals surface area contributed by atoms with Crippen molar-refractivity contribution in [2.24, 2.45) is 5.73 Å². The van der Waals surface area contributed by atoms with Crippen molar-refractivity contribution in [3.8, 4) is 0 Å². The third-order valence-electron chi connectivity index (χ3n) is 3.21. The van der Waals surface area contributed by atoms with Gasteiger partial charge in [0.15, 0.2) is 0 Å². The molecule has 1 fully saturated rings. The number of anilines is 1. The lowest BCUT2D eigenvalue weighted by Crippen LogP contribution is -2.26. The van der Waals surface area contributed by atoms with Gasteiger partial charge in [-0.3, -0.25) is 0 Å². The quantitative estimate of drug-likeness (QED) is 0.813. The van der Waals surface area contributed by atoms with E-state index in [1.165, 1.54) is 25.0 Å². The van der Waals surface area contributed by atoms with Gasteiger partial charge in [-0.2, -0.15) is 11.8 Å². The van der Waals surface area contributed by atoms with Crippen LogP contribution in [0.5, 0.6) is 0 Å². The summed E-state index contributed by atoms with van der Waals surface area (Å²) < 4.78 is 0. The summed E-state index contributed by atoms with van der Waals surface area (Å²) in [5.41, 5.74) is 6.38. The molecular weight excluding hydrogens is 262 g/mol. The van der Waals surface area contributed by atoms with E-state index in [2.05, 4.69) is 17.2 Å². The highest BCUT2D eigenvalue weighted by Gasteiger charge is 2.27. The maximum absolute atomic E-state index is 5.56. The van der Waals surface area contributed by atoms with Gasteiger partial charge in [0.1, 0.15) is 10.8 Å². The summed E-state index contributed by atoms with van der Waals surface area (Å²) in [5, 5.41) is 4.24. The van der Waals surface area contributed by atoms with Crippen LogP contribution in [0.3, 0.4) is 0 Å². The van der Waals surface area contributed by atoms with Crippen LogP contribution in [0.4, 0.5) is 5.82 Å². The maximum atomic E-state index is 5.56. The van der Waals surface area contributed by atoms with E-state index in [1.54, 1.807) is 6.20 Å². The number of aromatic nitrogens is 1. The van der Waals surface area contributed by atoms with Crippen LogP contribution in [0, 0.1) is 0 Å². The van der Waals surface area contributed by atoms with Crippen molar-refractivity contribution in [2.45, 2.75) is 37.5 Å². The topological polar surface area (TPSA) is 50.9 Å². The molecular formula is C13H19N3S2. The predicted molar refractivity (Wildman–Crippen MR) is 83.3 cm³/mol. The zero-order valence-electron chi connectivity index (χ0n) is 10.6. The van der Waals surface area contributed by atoms with E-state index in [0.717, 1.165) is 11.4 Å². The van der Waals surface area contributed by atoms with E-state index in [4.69, 9.17) is 18.0 Å². The molecule has 5 heteroatoms. The first-order chi connectivity index (χ1) is 8.70. The first kappa shape index (κ1) is 13.6. The SMILES string of the molecule is CCSC1CCCC1Nc1ccc(C(N)=S)cn1. The molecule has 1 aliphatic carbocycles.